The average Bonchev–Trinajstić information content (AvgIpc) is 3.45. The van der Waals surface area contributed by atoms with Crippen molar-refractivity contribution in [1.29, 1.82) is 0 Å². The van der Waals surface area contributed by atoms with Gasteiger partial charge in [-0.2, -0.15) is 16.1 Å². The SMILES string of the molecule is CC(c1ccccc1)N1CCC(NC(=O)c2sccc2S(=O)(=O)N2CCSCC2)C1. The molecular weight excluding hydrogens is 438 g/mol. The fraction of sp³-hybridized carbons (Fsp3) is 0.476. The van der Waals surface area contributed by atoms with E-state index in [0.29, 0.717) is 18.0 Å². The standard InChI is InChI=1S/C21H27N3O3S3/c1-16(17-5-3-2-4-6-17)23-9-7-18(15-23)22-21(25)20-19(8-12-29-20)30(26,27)24-10-13-28-14-11-24/h2-6,8,12,16,18H,7,9-11,13-15H2,1H3,(H,22,25). The summed E-state index contributed by atoms with van der Waals surface area (Å²) >= 11 is 2.96. The molecule has 0 radical (unpaired) electrons. The van der Waals surface area contributed by atoms with E-state index in [1.54, 1.807) is 23.2 Å². The van der Waals surface area contributed by atoms with Crippen molar-refractivity contribution < 1.29 is 13.2 Å². The van der Waals surface area contributed by atoms with Crippen molar-refractivity contribution in [2.45, 2.75) is 30.3 Å². The first-order chi connectivity index (χ1) is 14.5. The zero-order chi connectivity index (χ0) is 21.1. The molecule has 6 nitrogen and oxygen atoms in total. The molecule has 1 aromatic carbocycles. The second-order valence-electron chi connectivity index (χ2n) is 7.67. The van der Waals surface area contributed by atoms with Crippen LogP contribution >= 0.6 is 23.1 Å². The summed E-state index contributed by atoms with van der Waals surface area (Å²) in [6.45, 7) is 4.85. The first-order valence-corrected chi connectivity index (χ1v) is 13.7. The summed E-state index contributed by atoms with van der Waals surface area (Å²) in [6.07, 6.45) is 0.861. The lowest BCUT2D eigenvalue weighted by molar-refractivity contribution is 0.0937. The topological polar surface area (TPSA) is 69.7 Å². The third-order valence-corrected chi connectivity index (χ3v) is 9.73. The zero-order valence-corrected chi connectivity index (χ0v) is 19.4. The first kappa shape index (κ1) is 21.8. The van der Waals surface area contributed by atoms with Gasteiger partial charge in [0, 0.05) is 49.8 Å². The highest BCUT2D eigenvalue weighted by atomic mass is 32.2. The Labute approximate surface area is 186 Å². The van der Waals surface area contributed by atoms with Crippen molar-refractivity contribution >= 4 is 39.0 Å². The molecule has 0 aliphatic carbocycles. The Morgan fingerprint density at radius 3 is 2.60 bits per heavy atom. The average molecular weight is 466 g/mol. The van der Waals surface area contributed by atoms with Gasteiger partial charge in [0.2, 0.25) is 10.0 Å². The lowest BCUT2D eigenvalue weighted by Gasteiger charge is -2.26. The van der Waals surface area contributed by atoms with Gasteiger partial charge in [0.1, 0.15) is 9.77 Å². The summed E-state index contributed by atoms with van der Waals surface area (Å²) in [5.74, 6) is 1.30. The molecule has 30 heavy (non-hydrogen) atoms. The van der Waals surface area contributed by atoms with E-state index in [1.165, 1.54) is 21.2 Å². The maximum Gasteiger partial charge on any atom is 0.263 e. The number of benzene rings is 1. The molecule has 2 saturated heterocycles. The van der Waals surface area contributed by atoms with Gasteiger partial charge < -0.3 is 5.32 Å². The molecule has 2 fully saturated rings. The van der Waals surface area contributed by atoms with E-state index in [4.69, 9.17) is 0 Å². The molecule has 0 spiro atoms. The number of carbonyl (C=O) groups is 1. The van der Waals surface area contributed by atoms with Crippen molar-refractivity contribution in [3.05, 3.63) is 52.2 Å². The maximum absolute atomic E-state index is 13.0. The number of rotatable bonds is 6. The molecule has 3 heterocycles. The second-order valence-corrected chi connectivity index (χ2v) is 11.7. The molecule has 4 rings (SSSR count). The Hall–Kier alpha value is -1.39. The molecular formula is C21H27N3O3S3. The summed E-state index contributed by atoms with van der Waals surface area (Å²) in [7, 11) is -3.63. The van der Waals surface area contributed by atoms with Gasteiger partial charge in [0.15, 0.2) is 0 Å². The number of nitrogens with zero attached hydrogens (tertiary/aromatic N) is 2. The van der Waals surface area contributed by atoms with E-state index in [2.05, 4.69) is 29.3 Å². The summed E-state index contributed by atoms with van der Waals surface area (Å²) in [6, 6.07) is 12.2. The van der Waals surface area contributed by atoms with Crippen LogP contribution in [-0.2, 0) is 10.0 Å². The molecule has 162 valence electrons. The Kier molecular flexibility index (Phi) is 6.84. The van der Waals surface area contributed by atoms with Crippen LogP contribution in [0, 0.1) is 0 Å². The number of sulfonamides is 1. The molecule has 9 heteroatoms. The third-order valence-electron chi connectivity index (χ3n) is 5.81. The summed E-state index contributed by atoms with van der Waals surface area (Å²) in [5.41, 5.74) is 1.26. The molecule has 0 saturated carbocycles. The highest BCUT2D eigenvalue weighted by Crippen LogP contribution is 2.28. The number of hydrogen-bond donors (Lipinski definition) is 1. The number of thioether (sulfide) groups is 1. The minimum Gasteiger partial charge on any atom is -0.347 e. The van der Waals surface area contributed by atoms with E-state index in [0.717, 1.165) is 31.0 Å². The highest BCUT2D eigenvalue weighted by molar-refractivity contribution is 7.99. The molecule has 2 aliphatic rings. The van der Waals surface area contributed by atoms with Crippen molar-refractivity contribution in [1.82, 2.24) is 14.5 Å². The van der Waals surface area contributed by atoms with Crippen molar-refractivity contribution in [3.8, 4) is 0 Å². The van der Waals surface area contributed by atoms with Crippen molar-refractivity contribution in [2.75, 3.05) is 37.7 Å². The van der Waals surface area contributed by atoms with Gasteiger partial charge in [-0.25, -0.2) is 8.42 Å². The van der Waals surface area contributed by atoms with Gasteiger partial charge in [-0.15, -0.1) is 11.3 Å². The van der Waals surface area contributed by atoms with Gasteiger partial charge in [0.25, 0.3) is 5.91 Å². The molecule has 2 aliphatic heterocycles. The second kappa shape index (κ2) is 9.40. The minimum atomic E-state index is -3.63. The zero-order valence-electron chi connectivity index (χ0n) is 17.0. The van der Waals surface area contributed by atoms with Crippen LogP contribution in [0.25, 0.3) is 0 Å². The fourth-order valence-electron chi connectivity index (χ4n) is 4.04. The number of likely N-dealkylation sites (tertiary alicyclic amines) is 1. The predicted octanol–water partition coefficient (Wildman–Crippen LogP) is 3.05. The summed E-state index contributed by atoms with van der Waals surface area (Å²) < 4.78 is 27.6. The number of nitrogens with one attached hydrogen (secondary N) is 1. The maximum atomic E-state index is 13.0. The van der Waals surface area contributed by atoms with Gasteiger partial charge >= 0.3 is 0 Å². The van der Waals surface area contributed by atoms with Gasteiger partial charge in [-0.05, 0) is 30.4 Å². The quantitative estimate of drug-likeness (QED) is 0.710. The Morgan fingerprint density at radius 2 is 1.87 bits per heavy atom. The van der Waals surface area contributed by atoms with E-state index >= 15 is 0 Å². The van der Waals surface area contributed by atoms with Crippen molar-refractivity contribution in [3.63, 3.8) is 0 Å². The van der Waals surface area contributed by atoms with E-state index < -0.39 is 10.0 Å². The molecule has 0 bridgehead atoms. The van der Waals surface area contributed by atoms with Crippen LogP contribution in [0.5, 0.6) is 0 Å². The fourth-order valence-corrected chi connectivity index (χ4v) is 7.92. The Bertz CT molecular complexity index is 972. The monoisotopic (exact) mass is 465 g/mol. The van der Waals surface area contributed by atoms with E-state index in [1.807, 2.05) is 18.2 Å². The number of hydrogen-bond acceptors (Lipinski definition) is 6. The molecule has 2 unspecified atom stereocenters. The van der Waals surface area contributed by atoms with Crippen LogP contribution in [0.1, 0.15) is 34.6 Å². The molecule has 2 aromatic rings. The van der Waals surface area contributed by atoms with Gasteiger partial charge in [0.05, 0.1) is 0 Å². The minimum absolute atomic E-state index is 0.0210. The lowest BCUT2D eigenvalue weighted by Crippen LogP contribution is -2.40. The van der Waals surface area contributed by atoms with E-state index in [9.17, 15) is 13.2 Å². The molecule has 1 aromatic heterocycles. The van der Waals surface area contributed by atoms with Crippen molar-refractivity contribution in [2.24, 2.45) is 0 Å². The van der Waals surface area contributed by atoms with Crippen LogP contribution < -0.4 is 5.32 Å². The largest absolute Gasteiger partial charge is 0.347 e. The Morgan fingerprint density at radius 1 is 1.13 bits per heavy atom. The first-order valence-electron chi connectivity index (χ1n) is 10.2. The molecule has 1 N–H and O–H groups in total. The molecule has 2 atom stereocenters. The lowest BCUT2D eigenvalue weighted by atomic mass is 10.1. The van der Waals surface area contributed by atoms with E-state index in [-0.39, 0.29) is 22.9 Å². The van der Waals surface area contributed by atoms with Crippen LogP contribution in [0.3, 0.4) is 0 Å². The Balaban J connectivity index is 1.41. The smallest absolute Gasteiger partial charge is 0.263 e. The van der Waals surface area contributed by atoms with Gasteiger partial charge in [-0.3, -0.25) is 9.69 Å². The van der Waals surface area contributed by atoms with Gasteiger partial charge in [-0.1, -0.05) is 30.3 Å². The number of thiophene rings is 1. The van der Waals surface area contributed by atoms with Crippen LogP contribution in [0.15, 0.2) is 46.7 Å². The molecule has 1 amide bonds. The third kappa shape index (κ3) is 4.60. The van der Waals surface area contributed by atoms with Crippen LogP contribution in [0.4, 0.5) is 0 Å². The normalized spacial score (nSPS) is 22.1. The predicted molar refractivity (Wildman–Crippen MR) is 123 cm³/mol. The number of amides is 1. The van der Waals surface area contributed by atoms with Crippen LogP contribution in [-0.4, -0.2) is 67.3 Å². The summed E-state index contributed by atoms with van der Waals surface area (Å²) in [5, 5.41) is 4.77. The van der Waals surface area contributed by atoms with Crippen LogP contribution in [0.2, 0.25) is 0 Å². The summed E-state index contributed by atoms with van der Waals surface area (Å²) in [4.78, 5) is 15.7. The highest BCUT2D eigenvalue weighted by Gasteiger charge is 2.33. The number of carbonyl (C=O) groups excluding carboxylic acids is 1.